The van der Waals surface area contributed by atoms with Gasteiger partial charge in [0.1, 0.15) is 53.8 Å². The summed E-state index contributed by atoms with van der Waals surface area (Å²) in [6.07, 6.45) is 4.04. The van der Waals surface area contributed by atoms with Crippen molar-refractivity contribution in [2.45, 2.75) is 116 Å². The molecule has 2 aliphatic heterocycles. The van der Waals surface area contributed by atoms with Crippen molar-refractivity contribution in [2.24, 2.45) is 23.2 Å². The number of likely N-dealkylation sites (tertiary alicyclic amines) is 1. The second kappa shape index (κ2) is 17.5. The first-order valence-electron chi connectivity index (χ1n) is 22.3. The monoisotopic (exact) mass is 858 g/mol. The molecule has 0 spiro atoms. The average molecular weight is 859 g/mol. The van der Waals surface area contributed by atoms with Crippen molar-refractivity contribution < 1.29 is 43.2 Å². The van der Waals surface area contributed by atoms with Gasteiger partial charge in [-0.25, -0.2) is 19.3 Å². The zero-order valence-corrected chi connectivity index (χ0v) is 36.7. The van der Waals surface area contributed by atoms with Crippen LogP contribution >= 0.6 is 0 Å². The Labute approximate surface area is 362 Å². The minimum Gasteiger partial charge on any atom is -0.492 e. The molecule has 17 heteroatoms. The van der Waals surface area contributed by atoms with E-state index in [-0.39, 0.29) is 31.0 Å². The van der Waals surface area contributed by atoms with E-state index in [1.807, 2.05) is 72.0 Å². The van der Waals surface area contributed by atoms with E-state index >= 15 is 0 Å². The number of fused-ring (bicyclic) bond motifs is 2. The van der Waals surface area contributed by atoms with Crippen molar-refractivity contribution in [2.75, 3.05) is 51.3 Å². The standard InChI is InChI=1S/C45H62N8O9/c1-7-29-24-45(29,42(56)57)49-40(54)35-22-32(25-52(35)41(55)39(44(4,5)6)48-43(58)62-31-19-27-18-28(27)20-31)61-36-23-38(53-11-10-37(50-53)46-26(2)3)47-34-21-30(8-9-33(34)36)60-17-14-51-12-15-59-16-13-51/h8-11,21,23,26-29,31-32,35,39H,7,12-20,22,24-25H2,1-6H3,(H,46,50)(H,48,58)(H,49,54)(H,56,57)/t27-,28+,29?,31?,32-,35?,39?,45-/m1/s1. The van der Waals surface area contributed by atoms with Crippen LogP contribution < -0.4 is 25.4 Å². The number of hydrogen-bond donors (Lipinski definition) is 4. The van der Waals surface area contributed by atoms with Gasteiger partial charge < -0.3 is 44.9 Å². The lowest BCUT2D eigenvalue weighted by Crippen LogP contribution is -2.59. The van der Waals surface area contributed by atoms with Crippen LogP contribution in [0.25, 0.3) is 16.7 Å². The maximum atomic E-state index is 14.8. The third-order valence-corrected chi connectivity index (χ3v) is 13.1. The molecule has 2 aromatic heterocycles. The molecule has 4 unspecified atom stereocenters. The first-order chi connectivity index (χ1) is 29.6. The molecule has 1 aromatic carbocycles. The highest BCUT2D eigenvalue weighted by molar-refractivity contribution is 5.96. The van der Waals surface area contributed by atoms with Crippen molar-refractivity contribution in [3.63, 3.8) is 0 Å². The second-order valence-corrected chi connectivity index (χ2v) is 19.2. The molecule has 4 heterocycles. The van der Waals surface area contributed by atoms with Gasteiger partial charge >= 0.3 is 12.1 Å². The number of amides is 3. The van der Waals surface area contributed by atoms with Crippen molar-refractivity contribution >= 4 is 40.6 Å². The maximum Gasteiger partial charge on any atom is 0.408 e. The Kier molecular flexibility index (Phi) is 12.3. The topological polar surface area (TPSA) is 199 Å². The van der Waals surface area contributed by atoms with Crippen molar-refractivity contribution in [1.29, 1.82) is 0 Å². The van der Waals surface area contributed by atoms with Gasteiger partial charge in [-0.1, -0.05) is 34.1 Å². The summed E-state index contributed by atoms with van der Waals surface area (Å²) in [6, 6.07) is 7.28. The highest BCUT2D eigenvalue weighted by Crippen LogP contribution is 2.52. The number of ether oxygens (including phenoxy) is 4. The molecule has 4 N–H and O–H groups in total. The summed E-state index contributed by atoms with van der Waals surface area (Å²) in [6.45, 7) is 15.9. The van der Waals surface area contributed by atoms with Gasteiger partial charge in [-0.3, -0.25) is 14.5 Å². The van der Waals surface area contributed by atoms with Crippen molar-refractivity contribution in [3.8, 4) is 17.3 Å². The smallest absolute Gasteiger partial charge is 0.408 e. The minimum absolute atomic E-state index is 0.00436. The molecule has 3 aliphatic carbocycles. The normalized spacial score (nSPS) is 27.4. The number of carboxylic acid groups (broad SMARTS) is 1. The molecule has 8 rings (SSSR count). The Balaban J connectivity index is 1.07. The van der Waals surface area contributed by atoms with E-state index in [0.29, 0.717) is 78.5 Å². The van der Waals surface area contributed by atoms with Gasteiger partial charge in [-0.15, -0.1) is 5.10 Å². The maximum absolute atomic E-state index is 14.8. The number of carboxylic acids is 1. The Bertz CT molecular complexity index is 2140. The number of nitrogens with one attached hydrogen (secondary N) is 3. The van der Waals surface area contributed by atoms with Crippen LogP contribution in [0.15, 0.2) is 36.5 Å². The second-order valence-electron chi connectivity index (χ2n) is 19.2. The van der Waals surface area contributed by atoms with E-state index in [1.54, 1.807) is 10.7 Å². The molecular weight excluding hydrogens is 797 g/mol. The molecule has 0 radical (unpaired) electrons. The number of aliphatic carboxylic acids is 1. The van der Waals surface area contributed by atoms with Crippen LogP contribution in [-0.2, 0) is 23.9 Å². The lowest BCUT2D eigenvalue weighted by Gasteiger charge is -2.35. The van der Waals surface area contributed by atoms with Gasteiger partial charge in [0.25, 0.3) is 0 Å². The van der Waals surface area contributed by atoms with Crippen LogP contribution in [0.2, 0.25) is 0 Å². The van der Waals surface area contributed by atoms with E-state index in [0.717, 1.165) is 32.5 Å². The minimum atomic E-state index is -1.40. The number of anilines is 1. The molecule has 5 fully saturated rings. The summed E-state index contributed by atoms with van der Waals surface area (Å²) in [7, 11) is 0. The van der Waals surface area contributed by atoms with Crippen molar-refractivity contribution in [3.05, 3.63) is 36.5 Å². The number of aromatic nitrogens is 3. The van der Waals surface area contributed by atoms with Gasteiger partial charge in [0.05, 0.1) is 25.3 Å². The van der Waals surface area contributed by atoms with Crippen LogP contribution in [0.5, 0.6) is 11.5 Å². The number of benzene rings is 1. The molecule has 2 saturated heterocycles. The van der Waals surface area contributed by atoms with Gasteiger partial charge in [0.15, 0.2) is 5.82 Å². The number of morpholine rings is 1. The Morgan fingerprint density at radius 1 is 1.02 bits per heavy atom. The molecule has 3 aromatic rings. The Morgan fingerprint density at radius 3 is 2.45 bits per heavy atom. The number of carbonyl (C=O) groups excluding carboxylic acids is 3. The molecule has 5 aliphatic rings. The molecule has 17 nitrogen and oxygen atoms in total. The van der Waals surface area contributed by atoms with Gasteiger partial charge in [-0.2, -0.15) is 0 Å². The summed E-state index contributed by atoms with van der Waals surface area (Å²) in [5.74, 6) is 1.07. The van der Waals surface area contributed by atoms with E-state index in [9.17, 15) is 24.3 Å². The summed E-state index contributed by atoms with van der Waals surface area (Å²) < 4.78 is 25.9. The molecule has 62 heavy (non-hydrogen) atoms. The fourth-order valence-corrected chi connectivity index (χ4v) is 9.43. The largest absolute Gasteiger partial charge is 0.492 e. The summed E-state index contributed by atoms with van der Waals surface area (Å²) in [5, 5.41) is 24.6. The average Bonchev–Trinajstić information content (AvgIpc) is 3.89. The number of alkyl carbamates (subject to hydrolysis) is 1. The Morgan fingerprint density at radius 2 is 1.77 bits per heavy atom. The predicted molar refractivity (Wildman–Crippen MR) is 229 cm³/mol. The third-order valence-electron chi connectivity index (χ3n) is 13.1. The molecule has 3 saturated carbocycles. The van der Waals surface area contributed by atoms with Gasteiger partial charge in [-0.05, 0) is 74.8 Å². The predicted octanol–water partition coefficient (Wildman–Crippen LogP) is 4.61. The molecule has 8 atom stereocenters. The zero-order chi connectivity index (χ0) is 43.9. The number of carbonyl (C=O) groups is 4. The SMILES string of the molecule is CCC1C[C@]1(NC(=O)C1C[C@@H](Oc2cc(-n3ccc(NC(C)C)n3)nc3cc(OCCN4CCOCC4)ccc23)CN1C(=O)C(NC(=O)OC1C[C@@H]2C[C@@H]2C1)C(C)(C)C)C(=O)O. The van der Waals surface area contributed by atoms with Crippen LogP contribution in [0.3, 0.4) is 0 Å². The highest BCUT2D eigenvalue weighted by Gasteiger charge is 2.61. The van der Waals surface area contributed by atoms with Crippen LogP contribution in [0.4, 0.5) is 10.6 Å². The summed E-state index contributed by atoms with van der Waals surface area (Å²) >= 11 is 0. The molecule has 0 bridgehead atoms. The number of pyridine rings is 1. The first kappa shape index (κ1) is 43.5. The van der Waals surface area contributed by atoms with E-state index in [2.05, 4.69) is 20.9 Å². The molecule has 3 amide bonds. The first-order valence-corrected chi connectivity index (χ1v) is 22.3. The zero-order valence-electron chi connectivity index (χ0n) is 36.7. The van der Waals surface area contributed by atoms with Gasteiger partial charge in [0, 0.05) is 61.9 Å². The van der Waals surface area contributed by atoms with E-state index in [1.165, 1.54) is 11.3 Å². The quantitative estimate of drug-likeness (QED) is 0.156. The van der Waals surface area contributed by atoms with Crippen LogP contribution in [0, 0.1) is 23.2 Å². The van der Waals surface area contributed by atoms with E-state index < -0.39 is 53.0 Å². The Hall–Kier alpha value is -5.16. The third kappa shape index (κ3) is 9.58. The number of hydrogen-bond acceptors (Lipinski definition) is 12. The van der Waals surface area contributed by atoms with Gasteiger partial charge in [0.2, 0.25) is 11.8 Å². The number of nitrogens with zero attached hydrogens (tertiary/aromatic N) is 5. The fraction of sp³-hybridized carbons (Fsp3) is 0.644. The van der Waals surface area contributed by atoms with E-state index in [4.69, 9.17) is 29.0 Å². The molecule has 336 valence electrons. The summed E-state index contributed by atoms with van der Waals surface area (Å²) in [5.41, 5.74) is -1.59. The molecular formula is C45H62N8O9. The van der Waals surface area contributed by atoms with Crippen molar-refractivity contribution in [1.82, 2.24) is 35.2 Å². The number of rotatable bonds is 16. The lowest BCUT2D eigenvalue weighted by molar-refractivity contribution is -0.146. The van der Waals surface area contributed by atoms with Crippen LogP contribution in [-0.4, -0.2) is 135 Å². The summed E-state index contributed by atoms with van der Waals surface area (Å²) in [4.78, 5) is 63.6. The van der Waals surface area contributed by atoms with Crippen LogP contribution in [0.1, 0.15) is 80.1 Å². The fourth-order valence-electron chi connectivity index (χ4n) is 9.43. The lowest BCUT2D eigenvalue weighted by atomic mass is 9.85. The highest BCUT2D eigenvalue weighted by atomic mass is 16.6.